The fourth-order valence-electron chi connectivity index (χ4n) is 1.13. The lowest BCUT2D eigenvalue weighted by Crippen LogP contribution is -1.80. The van der Waals surface area contributed by atoms with Crippen molar-refractivity contribution in [2.24, 2.45) is 0 Å². The smallest absolute Gasteiger partial charge is 0.0105 e. The second kappa shape index (κ2) is 6.90. The number of allylic oxidation sites excluding steroid dienone is 6. The first-order valence-electron chi connectivity index (χ1n) is 4.85. The summed E-state index contributed by atoms with van der Waals surface area (Å²) in [5.41, 5.74) is 2.99. The number of rotatable bonds is 1. The van der Waals surface area contributed by atoms with Crippen LogP contribution in [0.25, 0.3) is 0 Å². The van der Waals surface area contributed by atoms with Crippen molar-refractivity contribution in [3.8, 4) is 0 Å². The van der Waals surface area contributed by atoms with Crippen molar-refractivity contribution >= 4 is 0 Å². The van der Waals surface area contributed by atoms with E-state index >= 15 is 0 Å². The second-order valence-corrected chi connectivity index (χ2v) is 2.75. The monoisotopic (exact) mass is 164 g/mol. The van der Waals surface area contributed by atoms with Gasteiger partial charge < -0.3 is 0 Å². The lowest BCUT2D eigenvalue weighted by molar-refractivity contribution is 0.994. The van der Waals surface area contributed by atoms with E-state index in [0.717, 1.165) is 6.42 Å². The van der Waals surface area contributed by atoms with Crippen molar-refractivity contribution in [1.82, 2.24) is 0 Å². The Morgan fingerprint density at radius 3 is 2.33 bits per heavy atom. The maximum Gasteiger partial charge on any atom is -0.0105 e. The molecule has 0 fully saturated rings. The molecule has 68 valence electrons. The lowest BCUT2D eigenvalue weighted by Gasteiger charge is -2.00. The van der Waals surface area contributed by atoms with Gasteiger partial charge in [0.25, 0.3) is 0 Å². The Morgan fingerprint density at radius 1 is 1.17 bits per heavy atom. The molecule has 0 unspecified atom stereocenters. The van der Waals surface area contributed by atoms with Gasteiger partial charge in [0.2, 0.25) is 0 Å². The summed E-state index contributed by atoms with van der Waals surface area (Å²) >= 11 is 0. The van der Waals surface area contributed by atoms with Crippen LogP contribution in [-0.4, -0.2) is 0 Å². The average molecular weight is 164 g/mol. The van der Waals surface area contributed by atoms with E-state index in [1.165, 1.54) is 17.6 Å². The first-order chi connectivity index (χ1) is 5.83. The molecular formula is C12H20. The molecule has 0 nitrogen and oxygen atoms in total. The topological polar surface area (TPSA) is 0 Å². The van der Waals surface area contributed by atoms with Crippen LogP contribution in [0.3, 0.4) is 0 Å². The Labute approximate surface area is 76.7 Å². The fraction of sp³-hybridized carbons (Fsp3) is 0.500. The zero-order valence-electron chi connectivity index (χ0n) is 8.72. The maximum atomic E-state index is 2.22. The van der Waals surface area contributed by atoms with Crippen LogP contribution < -0.4 is 0 Å². The van der Waals surface area contributed by atoms with E-state index in [4.69, 9.17) is 0 Å². The van der Waals surface area contributed by atoms with Crippen molar-refractivity contribution < 1.29 is 0 Å². The van der Waals surface area contributed by atoms with Gasteiger partial charge in [-0.3, -0.25) is 0 Å². The third kappa shape index (κ3) is 4.17. The molecule has 12 heavy (non-hydrogen) atoms. The molecule has 0 amide bonds. The first kappa shape index (κ1) is 11.2. The van der Waals surface area contributed by atoms with Gasteiger partial charge in [0.05, 0.1) is 0 Å². The van der Waals surface area contributed by atoms with Crippen molar-refractivity contribution in [2.75, 3.05) is 0 Å². The highest BCUT2D eigenvalue weighted by atomic mass is 14.0. The normalized spacial score (nSPS) is 15.3. The molecule has 1 aliphatic rings. The van der Waals surface area contributed by atoms with Crippen LogP contribution in [0.15, 0.2) is 35.5 Å². The van der Waals surface area contributed by atoms with E-state index in [0.29, 0.717) is 0 Å². The minimum absolute atomic E-state index is 1.16. The summed E-state index contributed by atoms with van der Waals surface area (Å²) in [5, 5.41) is 0. The Morgan fingerprint density at radius 2 is 1.75 bits per heavy atom. The van der Waals surface area contributed by atoms with Gasteiger partial charge in [0, 0.05) is 0 Å². The van der Waals surface area contributed by atoms with E-state index < -0.39 is 0 Å². The van der Waals surface area contributed by atoms with Crippen LogP contribution in [-0.2, 0) is 0 Å². The lowest BCUT2D eigenvalue weighted by atomic mass is 10.1. The minimum atomic E-state index is 1.16. The predicted octanol–water partition coefficient (Wildman–Crippen LogP) is 4.26. The second-order valence-electron chi connectivity index (χ2n) is 2.75. The molecule has 0 aromatic rings. The van der Waals surface area contributed by atoms with Gasteiger partial charge in [0.15, 0.2) is 0 Å². The molecule has 0 saturated heterocycles. The summed E-state index contributed by atoms with van der Waals surface area (Å²) in [6.45, 7) is 8.39. The zero-order valence-corrected chi connectivity index (χ0v) is 8.72. The molecule has 0 spiro atoms. The molecule has 0 saturated carbocycles. The number of hydrogen-bond acceptors (Lipinski definition) is 0. The zero-order chi connectivity index (χ0) is 9.40. The summed E-state index contributed by atoms with van der Waals surface area (Å²) < 4.78 is 0. The molecule has 0 atom stereocenters. The largest absolute Gasteiger partial charge is 0.0693 e. The van der Waals surface area contributed by atoms with Crippen LogP contribution in [0.4, 0.5) is 0 Å². The summed E-state index contributed by atoms with van der Waals surface area (Å²) in [5.74, 6) is 0. The third-order valence-corrected chi connectivity index (χ3v) is 1.78. The Hall–Kier alpha value is -0.780. The van der Waals surface area contributed by atoms with Gasteiger partial charge in [-0.2, -0.15) is 0 Å². The van der Waals surface area contributed by atoms with Crippen LogP contribution in [0.2, 0.25) is 0 Å². The molecule has 0 radical (unpaired) electrons. The summed E-state index contributed by atoms with van der Waals surface area (Å²) in [4.78, 5) is 0. The van der Waals surface area contributed by atoms with Crippen LogP contribution in [0, 0.1) is 0 Å². The van der Waals surface area contributed by atoms with Crippen LogP contribution in [0.5, 0.6) is 0 Å². The SMILES string of the molecule is CC.CCC1=CC=CC=C(C)C1. The average Bonchev–Trinajstić information content (AvgIpc) is 2.33. The first-order valence-corrected chi connectivity index (χ1v) is 4.85. The van der Waals surface area contributed by atoms with Gasteiger partial charge >= 0.3 is 0 Å². The number of hydrogen-bond donors (Lipinski definition) is 0. The highest BCUT2D eigenvalue weighted by Crippen LogP contribution is 2.16. The molecule has 0 N–H and O–H groups in total. The van der Waals surface area contributed by atoms with Gasteiger partial charge in [-0.05, 0) is 19.8 Å². The Bertz CT molecular complexity index is 192. The molecular weight excluding hydrogens is 144 g/mol. The molecule has 0 bridgehead atoms. The molecule has 0 heteroatoms. The quantitative estimate of drug-likeness (QED) is 0.543. The predicted molar refractivity (Wildman–Crippen MR) is 57.2 cm³/mol. The van der Waals surface area contributed by atoms with E-state index in [1.54, 1.807) is 0 Å². The summed E-state index contributed by atoms with van der Waals surface area (Å²) in [6.07, 6.45) is 11.0. The minimum Gasteiger partial charge on any atom is -0.0693 e. The maximum absolute atomic E-state index is 2.22. The molecule has 1 rings (SSSR count). The molecule has 0 aliphatic heterocycles. The van der Waals surface area contributed by atoms with Crippen molar-refractivity contribution in [1.29, 1.82) is 0 Å². The van der Waals surface area contributed by atoms with Gasteiger partial charge in [-0.25, -0.2) is 0 Å². The molecule has 1 aliphatic carbocycles. The molecule has 0 aromatic heterocycles. The van der Waals surface area contributed by atoms with E-state index in [1.807, 2.05) is 13.8 Å². The van der Waals surface area contributed by atoms with Crippen molar-refractivity contribution in [3.05, 3.63) is 35.5 Å². The summed E-state index contributed by atoms with van der Waals surface area (Å²) in [7, 11) is 0. The standard InChI is InChI=1S/C10H14.C2H6/c1-3-10-7-5-4-6-9(2)8-10;1-2/h4-7H,3,8H2,1-2H3;1-2H3. The van der Waals surface area contributed by atoms with Gasteiger partial charge in [0.1, 0.15) is 0 Å². The van der Waals surface area contributed by atoms with Gasteiger partial charge in [-0.1, -0.05) is 56.2 Å². The van der Waals surface area contributed by atoms with E-state index in [9.17, 15) is 0 Å². The fourth-order valence-corrected chi connectivity index (χ4v) is 1.13. The van der Waals surface area contributed by atoms with Crippen LogP contribution in [0.1, 0.15) is 40.5 Å². The Kier molecular flexibility index (Phi) is 6.45. The molecule has 0 aromatic carbocycles. The van der Waals surface area contributed by atoms with E-state index in [2.05, 4.69) is 38.2 Å². The highest BCUT2D eigenvalue weighted by molar-refractivity contribution is 5.27. The summed E-state index contributed by atoms with van der Waals surface area (Å²) in [6, 6.07) is 0. The Balaban J connectivity index is 0.000000561. The van der Waals surface area contributed by atoms with E-state index in [-0.39, 0.29) is 0 Å². The van der Waals surface area contributed by atoms with Gasteiger partial charge in [-0.15, -0.1) is 0 Å². The van der Waals surface area contributed by atoms with Crippen molar-refractivity contribution in [3.63, 3.8) is 0 Å². The highest BCUT2D eigenvalue weighted by Gasteiger charge is 1.95. The third-order valence-electron chi connectivity index (χ3n) is 1.78. The van der Waals surface area contributed by atoms with Crippen LogP contribution >= 0.6 is 0 Å². The molecule has 0 heterocycles. The van der Waals surface area contributed by atoms with Crippen molar-refractivity contribution in [2.45, 2.75) is 40.5 Å².